The molecule has 25 heavy (non-hydrogen) atoms. The molecule has 0 aliphatic carbocycles. The second-order valence-corrected chi connectivity index (χ2v) is 5.30. The van der Waals surface area contributed by atoms with E-state index < -0.39 is 0 Å². The molecule has 4 rings (SSSR count). The highest BCUT2D eigenvalue weighted by molar-refractivity contribution is 5.60. The van der Waals surface area contributed by atoms with Crippen molar-refractivity contribution in [2.75, 3.05) is 5.32 Å². The molecule has 7 heteroatoms. The number of anilines is 1. The van der Waals surface area contributed by atoms with Crippen LogP contribution in [0.25, 0.3) is 22.8 Å². The van der Waals surface area contributed by atoms with Gasteiger partial charge in [-0.05, 0) is 36.4 Å². The van der Waals surface area contributed by atoms with Gasteiger partial charge in [-0.25, -0.2) is 9.37 Å². The van der Waals surface area contributed by atoms with Crippen molar-refractivity contribution < 1.29 is 13.3 Å². The van der Waals surface area contributed by atoms with Crippen LogP contribution in [0.4, 0.5) is 10.2 Å². The molecule has 3 aromatic heterocycles. The fraction of sp³-hybridized carbons (Fsp3) is 0.0556. The summed E-state index contributed by atoms with van der Waals surface area (Å²) >= 11 is 0. The molecular formula is C18H13FN4O2. The standard InChI is InChI=1S/C18H13FN4O2/c19-14-4-1-3-12(9-14)17-22-18(25-23-17)13-6-7-16(20-10-13)21-11-15-5-2-8-24-15/h1-10H,11H2,(H,20,21). The van der Waals surface area contributed by atoms with Gasteiger partial charge in [0.15, 0.2) is 0 Å². The van der Waals surface area contributed by atoms with Gasteiger partial charge in [-0.1, -0.05) is 17.3 Å². The summed E-state index contributed by atoms with van der Waals surface area (Å²) in [6.45, 7) is 0.545. The molecule has 1 N–H and O–H groups in total. The van der Waals surface area contributed by atoms with Gasteiger partial charge >= 0.3 is 0 Å². The highest BCUT2D eigenvalue weighted by atomic mass is 19.1. The molecule has 0 unspecified atom stereocenters. The fourth-order valence-electron chi connectivity index (χ4n) is 2.30. The number of nitrogens with one attached hydrogen (secondary N) is 1. The SMILES string of the molecule is Fc1cccc(-c2noc(-c3ccc(NCc4ccco4)nc3)n2)c1. The Morgan fingerprint density at radius 1 is 1.04 bits per heavy atom. The van der Waals surface area contributed by atoms with Gasteiger partial charge in [0, 0.05) is 11.8 Å². The first-order chi connectivity index (χ1) is 12.3. The summed E-state index contributed by atoms with van der Waals surface area (Å²) in [7, 11) is 0. The molecule has 3 heterocycles. The van der Waals surface area contributed by atoms with Crippen molar-refractivity contribution in [2.45, 2.75) is 6.54 Å². The molecule has 0 bridgehead atoms. The highest BCUT2D eigenvalue weighted by Gasteiger charge is 2.11. The molecule has 0 spiro atoms. The summed E-state index contributed by atoms with van der Waals surface area (Å²) in [5.74, 6) is 1.82. The van der Waals surface area contributed by atoms with Gasteiger partial charge in [-0.2, -0.15) is 4.98 Å². The number of hydrogen-bond donors (Lipinski definition) is 1. The van der Waals surface area contributed by atoms with Crippen LogP contribution in [0.5, 0.6) is 0 Å². The highest BCUT2D eigenvalue weighted by Crippen LogP contribution is 2.23. The third kappa shape index (κ3) is 3.40. The number of furan rings is 1. The normalized spacial score (nSPS) is 10.8. The van der Waals surface area contributed by atoms with Gasteiger partial charge in [0.2, 0.25) is 5.82 Å². The number of aromatic nitrogens is 3. The first-order valence-corrected chi connectivity index (χ1v) is 7.60. The van der Waals surface area contributed by atoms with Crippen LogP contribution in [0, 0.1) is 5.82 Å². The lowest BCUT2D eigenvalue weighted by atomic mass is 10.2. The van der Waals surface area contributed by atoms with Crippen molar-refractivity contribution in [3.05, 3.63) is 72.6 Å². The maximum atomic E-state index is 13.3. The predicted octanol–water partition coefficient (Wildman–Crippen LogP) is 4.14. The molecule has 0 fully saturated rings. The van der Waals surface area contributed by atoms with Gasteiger partial charge in [0.25, 0.3) is 5.89 Å². The van der Waals surface area contributed by atoms with Gasteiger partial charge < -0.3 is 14.3 Å². The zero-order chi connectivity index (χ0) is 17.1. The lowest BCUT2D eigenvalue weighted by Gasteiger charge is -2.03. The largest absolute Gasteiger partial charge is 0.467 e. The molecule has 0 saturated heterocycles. The van der Waals surface area contributed by atoms with E-state index in [-0.39, 0.29) is 5.82 Å². The van der Waals surface area contributed by atoms with E-state index in [9.17, 15) is 4.39 Å². The van der Waals surface area contributed by atoms with Crippen LogP contribution in [0.2, 0.25) is 0 Å². The van der Waals surface area contributed by atoms with E-state index in [1.807, 2.05) is 24.3 Å². The summed E-state index contributed by atoms with van der Waals surface area (Å²) < 4.78 is 23.8. The molecule has 6 nitrogen and oxygen atoms in total. The van der Waals surface area contributed by atoms with Crippen molar-refractivity contribution in [2.24, 2.45) is 0 Å². The average molecular weight is 336 g/mol. The monoisotopic (exact) mass is 336 g/mol. The van der Waals surface area contributed by atoms with Crippen molar-refractivity contribution in [1.82, 2.24) is 15.1 Å². The van der Waals surface area contributed by atoms with Crippen molar-refractivity contribution >= 4 is 5.82 Å². The fourth-order valence-corrected chi connectivity index (χ4v) is 2.30. The van der Waals surface area contributed by atoms with Crippen LogP contribution in [0.1, 0.15) is 5.76 Å². The maximum Gasteiger partial charge on any atom is 0.259 e. The molecule has 0 aliphatic heterocycles. The number of rotatable bonds is 5. The zero-order valence-corrected chi connectivity index (χ0v) is 13.0. The van der Waals surface area contributed by atoms with Crippen LogP contribution >= 0.6 is 0 Å². The maximum absolute atomic E-state index is 13.3. The minimum Gasteiger partial charge on any atom is -0.467 e. The third-order valence-corrected chi connectivity index (χ3v) is 3.54. The summed E-state index contributed by atoms with van der Waals surface area (Å²) in [4.78, 5) is 8.60. The lowest BCUT2D eigenvalue weighted by molar-refractivity contribution is 0.432. The quantitative estimate of drug-likeness (QED) is 0.590. The Morgan fingerprint density at radius 3 is 2.76 bits per heavy atom. The Kier molecular flexibility index (Phi) is 3.96. The minimum absolute atomic E-state index is 0.323. The summed E-state index contributed by atoms with van der Waals surface area (Å²) in [6.07, 6.45) is 3.26. The smallest absolute Gasteiger partial charge is 0.259 e. The summed E-state index contributed by atoms with van der Waals surface area (Å²) in [5.41, 5.74) is 1.23. The first-order valence-electron chi connectivity index (χ1n) is 7.60. The van der Waals surface area contributed by atoms with Gasteiger partial charge in [-0.15, -0.1) is 0 Å². The Hall–Kier alpha value is -3.48. The number of hydrogen-bond acceptors (Lipinski definition) is 6. The van der Waals surface area contributed by atoms with Gasteiger partial charge in [0.1, 0.15) is 17.4 Å². The van der Waals surface area contributed by atoms with Crippen LogP contribution in [0.15, 0.2) is 69.9 Å². The van der Waals surface area contributed by atoms with Crippen LogP contribution < -0.4 is 5.32 Å². The second kappa shape index (κ2) is 6.56. The predicted molar refractivity (Wildman–Crippen MR) is 89.0 cm³/mol. The van der Waals surface area contributed by atoms with Gasteiger partial charge in [-0.3, -0.25) is 0 Å². The van der Waals surface area contributed by atoms with Crippen molar-refractivity contribution in [1.29, 1.82) is 0 Å². The number of nitrogens with zero attached hydrogens (tertiary/aromatic N) is 3. The van der Waals surface area contributed by atoms with Crippen LogP contribution in [-0.4, -0.2) is 15.1 Å². The molecule has 0 saturated carbocycles. The Morgan fingerprint density at radius 2 is 2.00 bits per heavy atom. The van der Waals surface area contributed by atoms with Crippen LogP contribution in [0.3, 0.4) is 0 Å². The van der Waals surface area contributed by atoms with Gasteiger partial charge in [0.05, 0.1) is 18.4 Å². The third-order valence-electron chi connectivity index (χ3n) is 3.54. The van der Waals surface area contributed by atoms with Crippen molar-refractivity contribution in [3.63, 3.8) is 0 Å². The topological polar surface area (TPSA) is 77.0 Å². The second-order valence-electron chi connectivity index (χ2n) is 5.30. The lowest BCUT2D eigenvalue weighted by Crippen LogP contribution is -1.99. The van der Waals surface area contributed by atoms with E-state index in [0.29, 0.717) is 35.2 Å². The Balaban J connectivity index is 1.49. The van der Waals surface area contributed by atoms with Crippen molar-refractivity contribution in [3.8, 4) is 22.8 Å². The molecule has 4 aromatic rings. The van der Waals surface area contributed by atoms with E-state index >= 15 is 0 Å². The molecule has 124 valence electrons. The van der Waals surface area contributed by atoms with E-state index in [1.54, 1.807) is 24.6 Å². The number of pyridine rings is 1. The molecule has 0 amide bonds. The number of halogens is 1. The number of benzene rings is 1. The zero-order valence-electron chi connectivity index (χ0n) is 13.0. The molecule has 0 atom stereocenters. The Bertz CT molecular complexity index is 965. The summed E-state index contributed by atoms with van der Waals surface area (Å²) in [6, 6.07) is 13.4. The molecular weight excluding hydrogens is 323 g/mol. The van der Waals surface area contributed by atoms with Crippen LogP contribution in [-0.2, 0) is 6.54 Å². The van der Waals surface area contributed by atoms with E-state index in [0.717, 1.165) is 5.76 Å². The minimum atomic E-state index is -0.350. The first kappa shape index (κ1) is 15.1. The van der Waals surface area contributed by atoms with E-state index in [4.69, 9.17) is 8.94 Å². The molecule has 0 radical (unpaired) electrons. The molecule has 1 aromatic carbocycles. The molecule has 0 aliphatic rings. The average Bonchev–Trinajstić information content (AvgIpc) is 3.32. The Labute approximate surface area is 142 Å². The van der Waals surface area contributed by atoms with E-state index in [2.05, 4.69) is 20.4 Å². The van der Waals surface area contributed by atoms with E-state index in [1.165, 1.54) is 12.1 Å². The summed E-state index contributed by atoms with van der Waals surface area (Å²) in [5, 5.41) is 7.04.